The van der Waals surface area contributed by atoms with Crippen molar-refractivity contribution in [3.05, 3.63) is 23.8 Å². The fraction of sp³-hybridized carbons (Fsp3) is 0.533. The van der Waals surface area contributed by atoms with Crippen LogP contribution in [0.1, 0.15) is 29.6 Å². The Kier molecular flexibility index (Phi) is 5.83. The lowest BCUT2D eigenvalue weighted by molar-refractivity contribution is -0.159. The fourth-order valence-electron chi connectivity index (χ4n) is 2.19. The van der Waals surface area contributed by atoms with Gasteiger partial charge < -0.3 is 25.3 Å². The molecule has 0 amide bonds. The Balaban J connectivity index is 1.76. The van der Waals surface area contributed by atoms with Crippen LogP contribution in [0.15, 0.2) is 18.2 Å². The zero-order valence-electron chi connectivity index (χ0n) is 12.3. The molecule has 0 aromatic heterocycles. The molecule has 1 aliphatic heterocycles. The molecule has 0 radical (unpaired) electrons. The summed E-state index contributed by atoms with van der Waals surface area (Å²) in [6.07, 6.45) is 3.14. The number of methoxy groups -OCH3 is 1. The van der Waals surface area contributed by atoms with Crippen LogP contribution in [0.25, 0.3) is 0 Å². The van der Waals surface area contributed by atoms with E-state index >= 15 is 0 Å². The summed E-state index contributed by atoms with van der Waals surface area (Å²) in [5.41, 5.74) is 7.62. The highest BCUT2D eigenvalue weighted by atomic mass is 16.7. The van der Waals surface area contributed by atoms with Gasteiger partial charge in [-0.3, -0.25) is 0 Å². The monoisotopic (exact) mass is 294 g/mol. The highest BCUT2D eigenvalue weighted by molar-refractivity contribution is 5.91. The maximum Gasteiger partial charge on any atom is 0.337 e. The van der Waals surface area contributed by atoms with E-state index in [-0.39, 0.29) is 6.29 Å². The Morgan fingerprint density at radius 3 is 3.00 bits per heavy atom. The van der Waals surface area contributed by atoms with E-state index in [1.807, 2.05) is 0 Å². The Labute approximate surface area is 124 Å². The summed E-state index contributed by atoms with van der Waals surface area (Å²) in [6, 6.07) is 5.04. The third-order valence-electron chi connectivity index (χ3n) is 3.33. The molecule has 0 aliphatic carbocycles. The number of hydrogen-bond donors (Lipinski definition) is 2. The second-order valence-electron chi connectivity index (χ2n) is 4.89. The summed E-state index contributed by atoms with van der Waals surface area (Å²) < 4.78 is 15.8. The quantitative estimate of drug-likeness (QED) is 0.474. The Morgan fingerprint density at radius 2 is 2.33 bits per heavy atom. The molecule has 116 valence electrons. The van der Waals surface area contributed by atoms with Crippen LogP contribution in [-0.4, -0.2) is 39.1 Å². The van der Waals surface area contributed by atoms with Crippen molar-refractivity contribution in [2.24, 2.45) is 0 Å². The van der Waals surface area contributed by atoms with Crippen LogP contribution in [0.4, 0.5) is 11.4 Å². The minimum Gasteiger partial charge on any atom is -0.465 e. The predicted octanol–water partition coefficient (Wildman–Crippen LogP) is 2.01. The van der Waals surface area contributed by atoms with Crippen molar-refractivity contribution < 1.29 is 19.0 Å². The van der Waals surface area contributed by atoms with Gasteiger partial charge in [-0.2, -0.15) is 0 Å². The first-order valence-electron chi connectivity index (χ1n) is 7.15. The van der Waals surface area contributed by atoms with Crippen LogP contribution in [0.3, 0.4) is 0 Å². The summed E-state index contributed by atoms with van der Waals surface area (Å²) in [5, 5.41) is 3.18. The molecule has 0 spiro atoms. The van der Waals surface area contributed by atoms with Crippen LogP contribution in [0, 0.1) is 0 Å². The number of nitrogens with two attached hydrogens (primary N) is 1. The first-order chi connectivity index (χ1) is 10.2. The van der Waals surface area contributed by atoms with E-state index in [9.17, 15) is 4.79 Å². The van der Waals surface area contributed by atoms with Crippen molar-refractivity contribution in [1.82, 2.24) is 0 Å². The summed E-state index contributed by atoms with van der Waals surface area (Å²) in [5.74, 6) is -0.397. The molecule has 3 N–H and O–H groups in total. The molecule has 6 heteroatoms. The van der Waals surface area contributed by atoms with Crippen LogP contribution in [-0.2, 0) is 14.2 Å². The number of carbonyl (C=O) groups is 1. The van der Waals surface area contributed by atoms with Gasteiger partial charge in [0.1, 0.15) is 0 Å². The van der Waals surface area contributed by atoms with E-state index < -0.39 is 5.97 Å². The van der Waals surface area contributed by atoms with Gasteiger partial charge in [0.05, 0.1) is 30.7 Å². The number of hydrogen-bond acceptors (Lipinski definition) is 6. The second kappa shape index (κ2) is 7.85. The van der Waals surface area contributed by atoms with E-state index in [1.54, 1.807) is 18.2 Å². The van der Waals surface area contributed by atoms with Gasteiger partial charge in [-0.05, 0) is 37.5 Å². The number of benzene rings is 1. The standard InChI is InChI=1S/C15H22N2O4/c1-19-15(18)11-5-6-13(12(16)10-11)17-7-9-21-14-4-2-3-8-20-14/h5-6,10,14,17H,2-4,7-9,16H2,1H3. The number of rotatable bonds is 6. The topological polar surface area (TPSA) is 82.8 Å². The molecule has 1 heterocycles. The molecule has 1 fully saturated rings. The third-order valence-corrected chi connectivity index (χ3v) is 3.33. The van der Waals surface area contributed by atoms with Crippen molar-refractivity contribution in [3.63, 3.8) is 0 Å². The molecule has 21 heavy (non-hydrogen) atoms. The van der Waals surface area contributed by atoms with Crippen LogP contribution >= 0.6 is 0 Å². The summed E-state index contributed by atoms with van der Waals surface area (Å²) in [4.78, 5) is 11.4. The molecule has 1 aromatic rings. The summed E-state index contributed by atoms with van der Waals surface area (Å²) >= 11 is 0. The van der Waals surface area contributed by atoms with E-state index in [4.69, 9.17) is 15.2 Å². The SMILES string of the molecule is COC(=O)c1ccc(NCCOC2CCCCO2)c(N)c1. The predicted molar refractivity (Wildman–Crippen MR) is 80.2 cm³/mol. The minimum absolute atomic E-state index is 0.0837. The van der Waals surface area contributed by atoms with E-state index in [2.05, 4.69) is 10.1 Å². The number of carbonyl (C=O) groups excluding carboxylic acids is 1. The van der Waals surface area contributed by atoms with Crippen LogP contribution in [0.5, 0.6) is 0 Å². The van der Waals surface area contributed by atoms with Crippen LogP contribution in [0.2, 0.25) is 0 Å². The molecule has 2 rings (SSSR count). The van der Waals surface area contributed by atoms with Crippen LogP contribution < -0.4 is 11.1 Å². The van der Waals surface area contributed by atoms with Crippen molar-refractivity contribution in [3.8, 4) is 0 Å². The molecule has 1 saturated heterocycles. The molecule has 1 aromatic carbocycles. The smallest absolute Gasteiger partial charge is 0.337 e. The lowest BCUT2D eigenvalue weighted by atomic mass is 10.1. The molecule has 6 nitrogen and oxygen atoms in total. The maximum atomic E-state index is 11.4. The molecule has 1 atom stereocenters. The molecule has 1 unspecified atom stereocenters. The first-order valence-corrected chi connectivity index (χ1v) is 7.15. The van der Waals surface area contributed by atoms with Gasteiger partial charge in [0.15, 0.2) is 6.29 Å². The average molecular weight is 294 g/mol. The van der Waals surface area contributed by atoms with Gasteiger partial charge >= 0.3 is 5.97 Å². The fourth-order valence-corrected chi connectivity index (χ4v) is 2.19. The maximum absolute atomic E-state index is 11.4. The van der Waals surface area contributed by atoms with E-state index in [1.165, 1.54) is 7.11 Å². The van der Waals surface area contributed by atoms with Crippen molar-refractivity contribution in [2.45, 2.75) is 25.6 Å². The number of anilines is 2. The normalized spacial score (nSPS) is 18.2. The van der Waals surface area contributed by atoms with Gasteiger partial charge in [0.25, 0.3) is 0 Å². The molecule has 1 aliphatic rings. The number of esters is 1. The van der Waals surface area contributed by atoms with Gasteiger partial charge in [-0.1, -0.05) is 0 Å². The summed E-state index contributed by atoms with van der Waals surface area (Å²) in [7, 11) is 1.34. The number of nitrogens with one attached hydrogen (secondary N) is 1. The second-order valence-corrected chi connectivity index (χ2v) is 4.89. The summed E-state index contributed by atoms with van der Waals surface area (Å²) in [6.45, 7) is 1.95. The largest absolute Gasteiger partial charge is 0.465 e. The Hall–Kier alpha value is -1.79. The lowest BCUT2D eigenvalue weighted by Gasteiger charge is -2.22. The van der Waals surface area contributed by atoms with E-state index in [0.717, 1.165) is 31.6 Å². The van der Waals surface area contributed by atoms with Crippen molar-refractivity contribution in [2.75, 3.05) is 37.9 Å². The van der Waals surface area contributed by atoms with Gasteiger partial charge in [0, 0.05) is 13.2 Å². The number of nitrogen functional groups attached to an aromatic ring is 1. The Morgan fingerprint density at radius 1 is 1.48 bits per heavy atom. The van der Waals surface area contributed by atoms with Crippen molar-refractivity contribution >= 4 is 17.3 Å². The first kappa shape index (κ1) is 15.6. The minimum atomic E-state index is -0.397. The Bertz CT molecular complexity index is 473. The van der Waals surface area contributed by atoms with E-state index in [0.29, 0.717) is 24.4 Å². The van der Waals surface area contributed by atoms with Crippen molar-refractivity contribution in [1.29, 1.82) is 0 Å². The average Bonchev–Trinajstić information content (AvgIpc) is 2.53. The third kappa shape index (κ3) is 4.61. The molecule has 0 bridgehead atoms. The zero-order chi connectivity index (χ0) is 15.1. The van der Waals surface area contributed by atoms with Gasteiger partial charge in [-0.15, -0.1) is 0 Å². The zero-order valence-corrected chi connectivity index (χ0v) is 12.3. The molecular formula is C15H22N2O4. The molecular weight excluding hydrogens is 272 g/mol. The molecule has 0 saturated carbocycles. The van der Waals surface area contributed by atoms with Gasteiger partial charge in [0.2, 0.25) is 0 Å². The van der Waals surface area contributed by atoms with Gasteiger partial charge in [-0.25, -0.2) is 4.79 Å². The lowest BCUT2D eigenvalue weighted by Crippen LogP contribution is -2.24. The highest BCUT2D eigenvalue weighted by Crippen LogP contribution is 2.20. The highest BCUT2D eigenvalue weighted by Gasteiger charge is 2.13. The number of ether oxygens (including phenoxy) is 3.